The number of benzene rings is 1. The van der Waals surface area contributed by atoms with Gasteiger partial charge in [0, 0.05) is 12.6 Å². The fraction of sp³-hybridized carbons (Fsp3) is 0.429. The summed E-state index contributed by atoms with van der Waals surface area (Å²) < 4.78 is 12.9. The fourth-order valence-electron chi connectivity index (χ4n) is 2.16. The van der Waals surface area contributed by atoms with Crippen LogP contribution in [0.15, 0.2) is 24.3 Å². The Labute approximate surface area is 116 Å². The van der Waals surface area contributed by atoms with E-state index in [0.29, 0.717) is 12.0 Å². The van der Waals surface area contributed by atoms with Crippen molar-refractivity contribution in [2.24, 2.45) is 5.73 Å². The Morgan fingerprint density at radius 3 is 2.45 bits per heavy atom. The number of hydrogen-bond acceptors (Lipinski definition) is 3. The second kappa shape index (κ2) is 5.20. The van der Waals surface area contributed by atoms with Crippen molar-refractivity contribution in [1.82, 2.24) is 10.2 Å². The summed E-state index contributed by atoms with van der Waals surface area (Å²) in [6, 6.07) is 4.74. The van der Waals surface area contributed by atoms with Gasteiger partial charge in [0.2, 0.25) is 0 Å². The monoisotopic (exact) mass is 279 g/mol. The molecule has 1 aliphatic heterocycles. The summed E-state index contributed by atoms with van der Waals surface area (Å²) >= 11 is 0. The maximum absolute atomic E-state index is 12.9. The highest BCUT2D eigenvalue weighted by Gasteiger charge is 2.46. The molecule has 0 saturated carbocycles. The highest BCUT2D eigenvalue weighted by molar-refractivity contribution is 6.06. The van der Waals surface area contributed by atoms with E-state index in [2.05, 4.69) is 5.32 Å². The minimum atomic E-state index is -0.862. The van der Waals surface area contributed by atoms with Crippen molar-refractivity contribution in [2.45, 2.75) is 31.8 Å². The Kier molecular flexibility index (Phi) is 3.76. The molecule has 1 fully saturated rings. The number of urea groups is 1. The molecule has 2 rings (SSSR count). The number of halogens is 1. The quantitative estimate of drug-likeness (QED) is 0.821. The average molecular weight is 279 g/mol. The topological polar surface area (TPSA) is 75.4 Å². The van der Waals surface area contributed by atoms with E-state index in [1.165, 1.54) is 12.1 Å². The van der Waals surface area contributed by atoms with Crippen molar-refractivity contribution in [3.8, 4) is 0 Å². The van der Waals surface area contributed by atoms with Crippen molar-refractivity contribution >= 4 is 11.9 Å². The second-order valence-corrected chi connectivity index (χ2v) is 5.19. The molecule has 1 aromatic carbocycles. The van der Waals surface area contributed by atoms with E-state index in [0.717, 1.165) is 4.90 Å². The van der Waals surface area contributed by atoms with E-state index in [1.54, 1.807) is 19.1 Å². The van der Waals surface area contributed by atoms with Gasteiger partial charge in [0.1, 0.15) is 11.4 Å². The van der Waals surface area contributed by atoms with Gasteiger partial charge in [-0.25, -0.2) is 9.18 Å². The Morgan fingerprint density at radius 2 is 1.95 bits per heavy atom. The molecule has 3 amide bonds. The van der Waals surface area contributed by atoms with E-state index >= 15 is 0 Å². The molecule has 20 heavy (non-hydrogen) atoms. The zero-order valence-electron chi connectivity index (χ0n) is 11.5. The molecular weight excluding hydrogens is 261 g/mol. The molecule has 0 radical (unpaired) electrons. The minimum absolute atomic E-state index is 0.0753. The van der Waals surface area contributed by atoms with Crippen LogP contribution in [-0.4, -0.2) is 28.9 Å². The number of carbonyl (C=O) groups excluding carboxylic acids is 2. The third-order valence-electron chi connectivity index (χ3n) is 3.73. The van der Waals surface area contributed by atoms with Crippen LogP contribution in [0.2, 0.25) is 0 Å². The van der Waals surface area contributed by atoms with Gasteiger partial charge in [-0.3, -0.25) is 9.69 Å². The predicted octanol–water partition coefficient (Wildman–Crippen LogP) is 1.55. The van der Waals surface area contributed by atoms with Crippen molar-refractivity contribution < 1.29 is 14.0 Å². The number of imide groups is 1. The number of nitrogens with two attached hydrogens (primary N) is 1. The molecule has 0 bridgehead atoms. The molecule has 2 unspecified atom stereocenters. The van der Waals surface area contributed by atoms with Crippen molar-refractivity contribution in [3.63, 3.8) is 0 Å². The Balaban J connectivity index is 2.12. The molecule has 6 heteroatoms. The van der Waals surface area contributed by atoms with Crippen LogP contribution < -0.4 is 11.1 Å². The van der Waals surface area contributed by atoms with Crippen molar-refractivity contribution in [2.75, 3.05) is 6.54 Å². The highest BCUT2D eigenvalue weighted by Crippen LogP contribution is 2.23. The van der Waals surface area contributed by atoms with Crippen LogP contribution in [0.1, 0.15) is 31.9 Å². The maximum Gasteiger partial charge on any atom is 0.325 e. The summed E-state index contributed by atoms with van der Waals surface area (Å²) in [5.41, 5.74) is 5.80. The first kappa shape index (κ1) is 14.5. The molecule has 3 N–H and O–H groups in total. The lowest BCUT2D eigenvalue weighted by molar-refractivity contribution is -0.131. The lowest BCUT2D eigenvalue weighted by atomic mass is 9.99. The summed E-state index contributed by atoms with van der Waals surface area (Å²) in [6.45, 7) is 3.60. The molecule has 5 nitrogen and oxygen atoms in total. The lowest BCUT2D eigenvalue weighted by Gasteiger charge is -2.21. The maximum atomic E-state index is 12.9. The smallest absolute Gasteiger partial charge is 0.323 e. The van der Waals surface area contributed by atoms with E-state index in [4.69, 9.17) is 5.73 Å². The molecule has 108 valence electrons. The number of carbonyl (C=O) groups is 2. The number of rotatable bonds is 4. The zero-order chi connectivity index (χ0) is 14.9. The second-order valence-electron chi connectivity index (χ2n) is 5.19. The Hall–Kier alpha value is -1.95. The SMILES string of the molecule is CCC1(C)NC(=O)N(CC(N)c2ccc(F)cc2)C1=O. The standard InChI is InChI=1S/C14H18FN3O2/c1-3-14(2)12(19)18(13(20)17-14)8-11(16)9-4-6-10(15)7-5-9/h4-7,11H,3,8,16H2,1-2H3,(H,17,20). The van der Waals surface area contributed by atoms with Gasteiger partial charge < -0.3 is 11.1 Å². The third kappa shape index (κ3) is 2.51. The Morgan fingerprint density at radius 1 is 1.35 bits per heavy atom. The molecule has 0 spiro atoms. The first-order chi connectivity index (χ1) is 9.37. The predicted molar refractivity (Wildman–Crippen MR) is 72.3 cm³/mol. The molecule has 0 aromatic heterocycles. The van der Waals surface area contributed by atoms with E-state index in [1.807, 2.05) is 6.92 Å². The van der Waals surface area contributed by atoms with Crippen LogP contribution in [0.4, 0.5) is 9.18 Å². The van der Waals surface area contributed by atoms with Crippen LogP contribution in [0.5, 0.6) is 0 Å². The summed E-state index contributed by atoms with van der Waals surface area (Å²) in [5, 5.41) is 2.67. The van der Waals surface area contributed by atoms with Gasteiger partial charge in [-0.05, 0) is 31.0 Å². The van der Waals surface area contributed by atoms with E-state index in [-0.39, 0.29) is 18.3 Å². The molecule has 1 heterocycles. The summed E-state index contributed by atoms with van der Waals surface area (Å²) in [6.07, 6.45) is 0.514. The zero-order valence-corrected chi connectivity index (χ0v) is 11.5. The van der Waals surface area contributed by atoms with E-state index < -0.39 is 17.6 Å². The normalized spacial score (nSPS) is 23.9. The number of nitrogens with one attached hydrogen (secondary N) is 1. The number of amides is 3. The van der Waals surface area contributed by atoms with Crippen LogP contribution in [0, 0.1) is 5.82 Å². The number of hydrogen-bond donors (Lipinski definition) is 2. The summed E-state index contributed by atoms with van der Waals surface area (Å²) in [5.74, 6) is -0.628. The fourth-order valence-corrected chi connectivity index (χ4v) is 2.16. The van der Waals surface area contributed by atoms with Gasteiger partial charge in [-0.1, -0.05) is 19.1 Å². The van der Waals surface area contributed by atoms with E-state index in [9.17, 15) is 14.0 Å². The van der Waals surface area contributed by atoms with Crippen molar-refractivity contribution in [3.05, 3.63) is 35.6 Å². The summed E-state index contributed by atoms with van der Waals surface area (Å²) in [7, 11) is 0. The van der Waals surface area contributed by atoms with Crippen LogP contribution in [0.25, 0.3) is 0 Å². The van der Waals surface area contributed by atoms with Gasteiger partial charge in [0.25, 0.3) is 5.91 Å². The summed E-state index contributed by atoms with van der Waals surface area (Å²) in [4.78, 5) is 25.2. The largest absolute Gasteiger partial charge is 0.325 e. The first-order valence-electron chi connectivity index (χ1n) is 6.52. The van der Waals surface area contributed by atoms with Crippen LogP contribution in [-0.2, 0) is 4.79 Å². The molecule has 1 saturated heterocycles. The van der Waals surface area contributed by atoms with Crippen molar-refractivity contribution in [1.29, 1.82) is 0 Å². The average Bonchev–Trinajstić information content (AvgIpc) is 2.64. The number of nitrogens with zero attached hydrogens (tertiary/aromatic N) is 1. The minimum Gasteiger partial charge on any atom is -0.323 e. The lowest BCUT2D eigenvalue weighted by Crippen LogP contribution is -2.43. The molecule has 1 aliphatic rings. The molecule has 1 aromatic rings. The highest BCUT2D eigenvalue weighted by atomic mass is 19.1. The van der Waals surface area contributed by atoms with Crippen LogP contribution >= 0.6 is 0 Å². The van der Waals surface area contributed by atoms with Gasteiger partial charge in [0.15, 0.2) is 0 Å². The first-order valence-corrected chi connectivity index (χ1v) is 6.52. The van der Waals surface area contributed by atoms with Gasteiger partial charge >= 0.3 is 6.03 Å². The van der Waals surface area contributed by atoms with Crippen LogP contribution in [0.3, 0.4) is 0 Å². The Bertz CT molecular complexity index is 532. The third-order valence-corrected chi connectivity index (χ3v) is 3.73. The molecule has 0 aliphatic carbocycles. The molecular formula is C14H18FN3O2. The molecule has 2 atom stereocenters. The van der Waals surface area contributed by atoms with Gasteiger partial charge in [0.05, 0.1) is 0 Å². The van der Waals surface area contributed by atoms with Gasteiger partial charge in [-0.15, -0.1) is 0 Å². The van der Waals surface area contributed by atoms with Gasteiger partial charge in [-0.2, -0.15) is 0 Å².